The summed E-state index contributed by atoms with van der Waals surface area (Å²) in [6.07, 6.45) is 1.83. The Morgan fingerprint density at radius 3 is 2.08 bits per heavy atom. The van der Waals surface area contributed by atoms with Crippen LogP contribution in [-0.4, -0.2) is 37.4 Å². The lowest BCUT2D eigenvalue weighted by molar-refractivity contribution is -0.221. The van der Waals surface area contributed by atoms with E-state index in [-0.39, 0.29) is 5.75 Å². The van der Waals surface area contributed by atoms with Crippen molar-refractivity contribution in [1.82, 2.24) is 0 Å². The first kappa shape index (κ1) is 27.2. The average molecular weight is 552 g/mol. The van der Waals surface area contributed by atoms with Gasteiger partial charge in [0.2, 0.25) is 0 Å². The van der Waals surface area contributed by atoms with Crippen molar-refractivity contribution in [2.75, 3.05) is 13.2 Å². The molecule has 3 aromatic carbocycles. The summed E-state index contributed by atoms with van der Waals surface area (Å²) in [5.41, 5.74) is 0.860. The predicted molar refractivity (Wildman–Crippen MR) is 132 cm³/mol. The van der Waals surface area contributed by atoms with Crippen LogP contribution in [-0.2, 0) is 41.1 Å². The number of carbonyl (C=O) groups is 1. The van der Waals surface area contributed by atoms with Crippen molar-refractivity contribution in [3.05, 3.63) is 84.4 Å². The first-order valence-electron chi connectivity index (χ1n) is 11.4. The second-order valence-electron chi connectivity index (χ2n) is 8.35. The van der Waals surface area contributed by atoms with Crippen LogP contribution in [0, 0.1) is 0 Å². The molecule has 1 unspecified atom stereocenters. The fourth-order valence-corrected chi connectivity index (χ4v) is 6.10. The van der Waals surface area contributed by atoms with Gasteiger partial charge in [-0.25, -0.2) is 4.79 Å². The predicted octanol–water partition coefficient (Wildman–Crippen LogP) is 5.17. The topological polar surface area (TPSA) is 99.1 Å². The van der Waals surface area contributed by atoms with Gasteiger partial charge in [0.05, 0.1) is 24.1 Å². The number of benzene rings is 3. The molecule has 1 atom stereocenters. The van der Waals surface area contributed by atoms with E-state index in [1.54, 1.807) is 12.1 Å². The Morgan fingerprint density at radius 2 is 1.49 bits per heavy atom. The molecule has 1 aliphatic heterocycles. The lowest BCUT2D eigenvalue weighted by Crippen LogP contribution is -2.40. The average Bonchev–Trinajstić information content (AvgIpc) is 3.11. The Labute approximate surface area is 216 Å². The molecule has 11 heteroatoms. The van der Waals surface area contributed by atoms with Crippen LogP contribution in [0.1, 0.15) is 25.3 Å². The van der Waals surface area contributed by atoms with Crippen molar-refractivity contribution in [2.24, 2.45) is 0 Å². The minimum Gasteiger partial charge on any atom is -0.421 e. The van der Waals surface area contributed by atoms with Crippen molar-refractivity contribution < 1.29 is 40.8 Å². The van der Waals surface area contributed by atoms with Gasteiger partial charge in [-0.2, -0.15) is 17.2 Å². The van der Waals surface area contributed by atoms with Gasteiger partial charge in [-0.3, -0.25) is 4.55 Å². The van der Waals surface area contributed by atoms with E-state index in [0.29, 0.717) is 13.2 Å². The quantitative estimate of drug-likeness (QED) is 0.187. The largest absolute Gasteiger partial charge is 0.466 e. The number of alkyl halides is 2. The van der Waals surface area contributed by atoms with Gasteiger partial charge in [0, 0.05) is 11.6 Å². The maximum Gasteiger partial charge on any atom is 0.466 e. The van der Waals surface area contributed by atoms with Gasteiger partial charge in [-0.05, 0) is 62.2 Å². The highest BCUT2D eigenvalue weighted by atomic mass is 32.2. The van der Waals surface area contributed by atoms with Crippen molar-refractivity contribution in [2.45, 2.75) is 45.5 Å². The molecule has 4 rings (SSSR count). The second kappa shape index (κ2) is 10.9. The third kappa shape index (κ3) is 6.02. The van der Waals surface area contributed by atoms with Gasteiger partial charge in [-0.15, -0.1) is 0 Å². The van der Waals surface area contributed by atoms with E-state index in [4.69, 9.17) is 14.0 Å². The fraction of sp³-hybridized carbons (Fsp3) is 0.269. The van der Waals surface area contributed by atoms with Crippen LogP contribution >= 0.6 is 0 Å². The highest BCUT2D eigenvalue weighted by Gasteiger charge is 2.54. The summed E-state index contributed by atoms with van der Waals surface area (Å²) >= 11 is 0. The molecule has 0 bridgehead atoms. The van der Waals surface area contributed by atoms with Crippen LogP contribution in [0.15, 0.2) is 93.5 Å². The van der Waals surface area contributed by atoms with Crippen LogP contribution in [0.25, 0.3) is 0 Å². The molecule has 0 aromatic heterocycles. The van der Waals surface area contributed by atoms with Crippen molar-refractivity contribution in [3.8, 4) is 5.75 Å². The molecule has 0 radical (unpaired) electrons. The molecule has 1 N–H and O–H groups in total. The van der Waals surface area contributed by atoms with Gasteiger partial charge < -0.3 is 14.2 Å². The number of hydrogen-bond acceptors (Lipinski definition) is 6. The maximum atomic E-state index is 13.6. The first-order valence-corrected chi connectivity index (χ1v) is 14.0. The van der Waals surface area contributed by atoms with Gasteiger partial charge in [0.15, 0.2) is 20.5 Å². The van der Waals surface area contributed by atoms with E-state index < -0.39 is 38.0 Å². The summed E-state index contributed by atoms with van der Waals surface area (Å²) in [6, 6.07) is 23.3. The van der Waals surface area contributed by atoms with E-state index >= 15 is 0 Å². The molecule has 196 valence electrons. The Morgan fingerprint density at radius 1 is 0.919 bits per heavy atom. The maximum absolute atomic E-state index is 13.6. The van der Waals surface area contributed by atoms with Crippen LogP contribution in [0.4, 0.5) is 8.78 Å². The summed E-state index contributed by atoms with van der Waals surface area (Å²) in [5.74, 6) is -3.58. The van der Waals surface area contributed by atoms with Gasteiger partial charge in [0.1, 0.15) is 5.75 Å². The highest BCUT2D eigenvalue weighted by molar-refractivity contribution is 7.97. The molecular weight excluding hydrogens is 526 g/mol. The molecular formula is C26H25F2O7S2+. The van der Waals surface area contributed by atoms with Crippen molar-refractivity contribution >= 4 is 27.0 Å². The molecule has 0 saturated carbocycles. The minimum absolute atomic E-state index is 0.296. The number of carbonyl (C=O) groups excluding carboxylic acids is 1. The van der Waals surface area contributed by atoms with Crippen LogP contribution < -0.4 is 4.74 Å². The molecule has 37 heavy (non-hydrogen) atoms. The van der Waals surface area contributed by atoms with Crippen LogP contribution in [0.5, 0.6) is 5.75 Å². The molecule has 3 aromatic rings. The molecule has 1 saturated heterocycles. The lowest BCUT2D eigenvalue weighted by Gasteiger charge is -2.28. The van der Waals surface area contributed by atoms with Crippen molar-refractivity contribution in [1.29, 1.82) is 0 Å². The molecule has 1 aliphatic rings. The van der Waals surface area contributed by atoms with Crippen molar-refractivity contribution in [3.63, 3.8) is 0 Å². The molecule has 1 fully saturated rings. The summed E-state index contributed by atoms with van der Waals surface area (Å²) in [5, 5.41) is -5.08. The number of ether oxygens (including phenoxy) is 3. The number of halogens is 2. The van der Waals surface area contributed by atoms with E-state index in [1.807, 2.05) is 61.5 Å². The normalized spacial score (nSPS) is 17.0. The number of esters is 1. The van der Waals surface area contributed by atoms with E-state index in [2.05, 4.69) is 4.74 Å². The Hall–Kier alpha value is -2.83. The van der Waals surface area contributed by atoms with E-state index in [1.165, 1.54) is 12.1 Å². The SMILES string of the molecule is CC1(c2cccc([S+](c3ccccc3)c3ccc(OC(=O)C(F)(F)S(=O)(=O)O)cc3)c2)OCCCCO1. The lowest BCUT2D eigenvalue weighted by atomic mass is 10.1. The third-order valence-electron chi connectivity index (χ3n) is 5.70. The zero-order valence-electron chi connectivity index (χ0n) is 19.8. The summed E-state index contributed by atoms with van der Waals surface area (Å²) in [4.78, 5) is 14.4. The summed E-state index contributed by atoms with van der Waals surface area (Å²) in [6.45, 7) is 3.06. The zero-order chi connectivity index (χ0) is 26.7. The Kier molecular flexibility index (Phi) is 8.00. The molecule has 0 spiro atoms. The zero-order valence-corrected chi connectivity index (χ0v) is 21.4. The fourth-order valence-electron chi connectivity index (χ4n) is 3.73. The third-order valence-corrected chi connectivity index (χ3v) is 8.73. The molecule has 0 amide bonds. The molecule has 7 nitrogen and oxygen atoms in total. The van der Waals surface area contributed by atoms with Crippen LogP contribution in [0.2, 0.25) is 0 Å². The van der Waals surface area contributed by atoms with Gasteiger partial charge >= 0.3 is 21.3 Å². The standard InChI is InChI=1S/C26H24F2O7S2/c1-25(33-16-5-6-17-34-25)19-8-7-11-23(18-19)36(21-9-3-2-4-10-21)22-14-12-20(13-15-22)35-24(29)26(27,28)37(30,31)32/h2-4,7-15,18H,5-6,16-17H2,1H3/p+1. The van der Waals surface area contributed by atoms with Crippen LogP contribution in [0.3, 0.4) is 0 Å². The summed E-state index contributed by atoms with van der Waals surface area (Å²) < 4.78 is 74.0. The molecule has 0 aliphatic carbocycles. The Bertz CT molecular complexity index is 1340. The van der Waals surface area contributed by atoms with E-state index in [0.717, 1.165) is 33.1 Å². The number of rotatable bonds is 7. The first-order chi connectivity index (χ1) is 17.5. The van der Waals surface area contributed by atoms with Gasteiger partial charge in [-0.1, -0.05) is 30.3 Å². The highest BCUT2D eigenvalue weighted by Crippen LogP contribution is 2.36. The minimum atomic E-state index is -5.96. The summed E-state index contributed by atoms with van der Waals surface area (Å²) in [7, 11) is -6.60. The molecule has 1 heterocycles. The Balaban J connectivity index is 1.67. The second-order valence-corrected chi connectivity index (χ2v) is 11.8. The van der Waals surface area contributed by atoms with Gasteiger partial charge in [0.25, 0.3) is 0 Å². The number of hydrogen-bond donors (Lipinski definition) is 1. The monoisotopic (exact) mass is 551 g/mol. The smallest absolute Gasteiger partial charge is 0.421 e. The van der Waals surface area contributed by atoms with E-state index in [9.17, 15) is 22.0 Å².